The van der Waals surface area contributed by atoms with Gasteiger partial charge in [-0.15, -0.1) is 0 Å². The number of benzene rings is 2. The minimum absolute atomic E-state index is 0.00668. The minimum atomic E-state index is -0.00668. The summed E-state index contributed by atoms with van der Waals surface area (Å²) in [5, 5.41) is 3.01. The van der Waals surface area contributed by atoms with Crippen molar-refractivity contribution in [1.82, 2.24) is 10.2 Å². The van der Waals surface area contributed by atoms with Crippen molar-refractivity contribution < 1.29 is 14.3 Å². The molecule has 158 valence electrons. The molecule has 1 N–H and O–H groups in total. The third-order valence-corrected chi connectivity index (χ3v) is 5.58. The van der Waals surface area contributed by atoms with E-state index in [1.165, 1.54) is 5.56 Å². The summed E-state index contributed by atoms with van der Waals surface area (Å²) in [6, 6.07) is 16.3. The summed E-state index contributed by atoms with van der Waals surface area (Å²) in [6.07, 6.45) is 5.51. The summed E-state index contributed by atoms with van der Waals surface area (Å²) in [5.41, 5.74) is 2.91. The zero-order valence-electron chi connectivity index (χ0n) is 17.6. The van der Waals surface area contributed by atoms with Crippen molar-refractivity contribution in [2.45, 2.75) is 64.1 Å². The van der Waals surface area contributed by atoms with E-state index in [1.54, 1.807) is 0 Å². The summed E-state index contributed by atoms with van der Waals surface area (Å²) >= 11 is 0. The Hall–Kier alpha value is -2.82. The highest BCUT2D eigenvalue weighted by molar-refractivity contribution is 5.94. The van der Waals surface area contributed by atoms with Crippen LogP contribution < -0.4 is 10.1 Å². The molecule has 0 aliphatic heterocycles. The summed E-state index contributed by atoms with van der Waals surface area (Å²) in [7, 11) is 0. The first-order valence-electron chi connectivity index (χ1n) is 11.0. The molecule has 2 aromatic carbocycles. The number of rotatable bonds is 10. The molecule has 0 spiro atoms. The first-order valence-corrected chi connectivity index (χ1v) is 11.0. The number of carbonyl (C=O) groups is 2. The third kappa shape index (κ3) is 5.85. The fourth-order valence-electron chi connectivity index (χ4n) is 3.52. The molecule has 4 rings (SSSR count). The highest BCUT2D eigenvalue weighted by Crippen LogP contribution is 2.29. The fraction of sp³-hybridized carbons (Fsp3) is 0.440. The molecule has 5 nitrogen and oxygen atoms in total. The molecule has 2 aliphatic rings. The van der Waals surface area contributed by atoms with Crippen LogP contribution in [-0.4, -0.2) is 35.4 Å². The molecule has 30 heavy (non-hydrogen) atoms. The van der Waals surface area contributed by atoms with E-state index in [-0.39, 0.29) is 11.8 Å². The molecule has 0 heterocycles. The number of nitrogens with one attached hydrogen (secondary N) is 1. The van der Waals surface area contributed by atoms with E-state index in [2.05, 4.69) is 5.32 Å². The molecular weight excluding hydrogens is 376 g/mol. The number of aryl methyl sites for hydroxylation is 1. The van der Waals surface area contributed by atoms with Crippen LogP contribution >= 0.6 is 0 Å². The molecule has 2 fully saturated rings. The van der Waals surface area contributed by atoms with Crippen LogP contribution in [0.2, 0.25) is 0 Å². The molecule has 0 radical (unpaired) electrons. The maximum atomic E-state index is 12.8. The van der Waals surface area contributed by atoms with Gasteiger partial charge >= 0.3 is 0 Å². The Balaban J connectivity index is 1.25. The van der Waals surface area contributed by atoms with E-state index < -0.39 is 0 Å². The summed E-state index contributed by atoms with van der Waals surface area (Å²) < 4.78 is 5.77. The number of carbonyl (C=O) groups excluding carboxylic acids is 2. The summed E-state index contributed by atoms with van der Waals surface area (Å²) in [5.74, 6) is 1.03. The highest BCUT2D eigenvalue weighted by Gasteiger charge is 2.32. The summed E-state index contributed by atoms with van der Waals surface area (Å²) in [6.45, 7) is 3.18. The van der Waals surface area contributed by atoms with Crippen LogP contribution in [0.3, 0.4) is 0 Å². The zero-order valence-corrected chi connectivity index (χ0v) is 17.6. The van der Waals surface area contributed by atoms with Crippen molar-refractivity contribution in [1.29, 1.82) is 0 Å². The zero-order chi connectivity index (χ0) is 20.9. The molecule has 0 atom stereocenters. The average molecular weight is 407 g/mol. The maximum absolute atomic E-state index is 12.8. The van der Waals surface area contributed by atoms with Crippen LogP contribution in [0.5, 0.6) is 5.75 Å². The van der Waals surface area contributed by atoms with Crippen LogP contribution in [-0.2, 0) is 11.3 Å². The number of hydrogen-bond acceptors (Lipinski definition) is 3. The van der Waals surface area contributed by atoms with Crippen molar-refractivity contribution in [3.05, 3.63) is 65.2 Å². The molecule has 2 saturated carbocycles. The van der Waals surface area contributed by atoms with E-state index in [4.69, 9.17) is 4.74 Å². The Morgan fingerprint density at radius 1 is 1.07 bits per heavy atom. The molecule has 0 saturated heterocycles. The normalized spacial score (nSPS) is 15.5. The van der Waals surface area contributed by atoms with Crippen molar-refractivity contribution in [3.63, 3.8) is 0 Å². The van der Waals surface area contributed by atoms with Crippen molar-refractivity contribution in [2.75, 3.05) is 6.61 Å². The predicted molar refractivity (Wildman–Crippen MR) is 116 cm³/mol. The minimum Gasteiger partial charge on any atom is -0.494 e. The SMILES string of the molecule is Cc1cccc(OCCCC(=O)N(Cc2ccc(C(=O)NC3CC3)cc2)C2CC2)c1. The van der Waals surface area contributed by atoms with Gasteiger partial charge in [0, 0.05) is 30.6 Å². The Bertz CT molecular complexity index is 886. The van der Waals surface area contributed by atoms with Crippen LogP contribution in [0.15, 0.2) is 48.5 Å². The number of hydrogen-bond donors (Lipinski definition) is 1. The molecule has 0 aromatic heterocycles. The molecule has 2 amide bonds. The van der Waals surface area contributed by atoms with E-state index in [0.29, 0.717) is 43.6 Å². The van der Waals surface area contributed by atoms with E-state index in [1.807, 2.05) is 60.4 Å². The first-order chi connectivity index (χ1) is 14.6. The van der Waals surface area contributed by atoms with Crippen LogP contribution in [0.4, 0.5) is 0 Å². The highest BCUT2D eigenvalue weighted by atomic mass is 16.5. The van der Waals surface area contributed by atoms with Gasteiger partial charge in [-0.05, 0) is 74.4 Å². The smallest absolute Gasteiger partial charge is 0.251 e. The Morgan fingerprint density at radius 2 is 1.83 bits per heavy atom. The van der Waals surface area contributed by atoms with Gasteiger partial charge in [0.2, 0.25) is 5.91 Å². The van der Waals surface area contributed by atoms with Crippen LogP contribution in [0.1, 0.15) is 60.0 Å². The third-order valence-electron chi connectivity index (χ3n) is 5.58. The average Bonchev–Trinajstić information content (AvgIpc) is 3.65. The van der Waals surface area contributed by atoms with Crippen LogP contribution in [0, 0.1) is 6.92 Å². The van der Waals surface area contributed by atoms with Gasteiger partial charge in [-0.1, -0.05) is 24.3 Å². The molecule has 0 bridgehead atoms. The predicted octanol–water partition coefficient (Wildman–Crippen LogP) is 4.24. The van der Waals surface area contributed by atoms with Crippen molar-refractivity contribution in [3.8, 4) is 5.75 Å². The lowest BCUT2D eigenvalue weighted by Gasteiger charge is -2.23. The Labute approximate surface area is 178 Å². The number of ether oxygens (including phenoxy) is 1. The molecule has 5 heteroatoms. The van der Waals surface area contributed by atoms with Gasteiger partial charge in [0.1, 0.15) is 5.75 Å². The van der Waals surface area contributed by atoms with Gasteiger partial charge in [-0.3, -0.25) is 9.59 Å². The monoisotopic (exact) mass is 406 g/mol. The first kappa shape index (κ1) is 20.5. The second kappa shape index (κ2) is 9.33. The number of amides is 2. The molecule has 0 unspecified atom stereocenters. The lowest BCUT2D eigenvalue weighted by atomic mass is 10.1. The molecule has 2 aromatic rings. The Kier molecular flexibility index (Phi) is 6.36. The van der Waals surface area contributed by atoms with Crippen molar-refractivity contribution >= 4 is 11.8 Å². The van der Waals surface area contributed by atoms with Gasteiger partial charge in [0.05, 0.1) is 6.61 Å². The Morgan fingerprint density at radius 3 is 2.50 bits per heavy atom. The quantitative estimate of drug-likeness (QED) is 0.601. The van der Waals surface area contributed by atoms with Gasteiger partial charge in [-0.25, -0.2) is 0 Å². The fourth-order valence-corrected chi connectivity index (χ4v) is 3.52. The maximum Gasteiger partial charge on any atom is 0.251 e. The lowest BCUT2D eigenvalue weighted by molar-refractivity contribution is -0.132. The van der Waals surface area contributed by atoms with E-state index in [0.717, 1.165) is 37.0 Å². The molecule has 2 aliphatic carbocycles. The lowest BCUT2D eigenvalue weighted by Crippen LogP contribution is -2.32. The standard InChI is InChI=1S/C25H30N2O3/c1-18-4-2-5-23(16-18)30-15-3-6-24(28)27(22-13-14-22)17-19-7-9-20(10-8-19)25(29)26-21-11-12-21/h2,4-5,7-10,16,21-22H,3,6,11-15,17H2,1H3,(H,26,29). The second-order valence-electron chi connectivity index (χ2n) is 8.47. The van der Waals surface area contributed by atoms with E-state index in [9.17, 15) is 9.59 Å². The number of nitrogens with zero attached hydrogens (tertiary/aromatic N) is 1. The summed E-state index contributed by atoms with van der Waals surface area (Å²) in [4.78, 5) is 26.9. The van der Waals surface area contributed by atoms with Crippen molar-refractivity contribution in [2.24, 2.45) is 0 Å². The van der Waals surface area contributed by atoms with Gasteiger partial charge < -0.3 is 15.0 Å². The topological polar surface area (TPSA) is 58.6 Å². The van der Waals surface area contributed by atoms with Gasteiger partial charge in [0.25, 0.3) is 5.91 Å². The second-order valence-corrected chi connectivity index (χ2v) is 8.47. The van der Waals surface area contributed by atoms with Crippen LogP contribution in [0.25, 0.3) is 0 Å². The molecular formula is C25H30N2O3. The van der Waals surface area contributed by atoms with E-state index >= 15 is 0 Å². The van der Waals surface area contributed by atoms with Gasteiger partial charge in [-0.2, -0.15) is 0 Å². The largest absolute Gasteiger partial charge is 0.494 e. The van der Waals surface area contributed by atoms with Gasteiger partial charge in [0.15, 0.2) is 0 Å².